The van der Waals surface area contributed by atoms with Crippen LogP contribution >= 0.6 is 24.0 Å². The van der Waals surface area contributed by atoms with Gasteiger partial charge in [0.1, 0.15) is 11.4 Å². The third-order valence-electron chi connectivity index (χ3n) is 3.94. The maximum absolute atomic E-state index is 14.4. The van der Waals surface area contributed by atoms with Crippen molar-refractivity contribution >= 4 is 36.0 Å². The van der Waals surface area contributed by atoms with E-state index in [9.17, 15) is 9.18 Å². The van der Waals surface area contributed by atoms with Crippen molar-refractivity contribution in [3.8, 4) is 11.5 Å². The summed E-state index contributed by atoms with van der Waals surface area (Å²) in [6, 6.07) is 8.19. The second-order valence-electron chi connectivity index (χ2n) is 7.96. The molecule has 0 atom stereocenters. The molecule has 0 radical (unpaired) electrons. The number of rotatable bonds is 9. The average Bonchev–Trinajstić information content (AvgIpc) is 2.73. The van der Waals surface area contributed by atoms with Crippen LogP contribution in [0.15, 0.2) is 47.7 Å². The second-order valence-corrected chi connectivity index (χ2v) is 7.96. The van der Waals surface area contributed by atoms with Gasteiger partial charge in [-0.1, -0.05) is 6.07 Å². The summed E-state index contributed by atoms with van der Waals surface area (Å²) in [5.41, 5.74) is 0.195. The topological polar surface area (TPSA) is 96.9 Å². The third-order valence-corrected chi connectivity index (χ3v) is 3.94. The molecule has 0 saturated heterocycles. The van der Waals surface area contributed by atoms with E-state index in [0.717, 1.165) is 0 Å². The van der Waals surface area contributed by atoms with Crippen LogP contribution < -0.4 is 20.7 Å². The van der Waals surface area contributed by atoms with Crippen molar-refractivity contribution < 1.29 is 18.7 Å². The number of hydrogen-bond acceptors (Lipinski definition) is 5. The Morgan fingerprint density at radius 3 is 2.55 bits per heavy atom. The van der Waals surface area contributed by atoms with Crippen LogP contribution in [-0.2, 0) is 11.3 Å². The molecule has 3 N–H and O–H groups in total. The maximum atomic E-state index is 14.4. The van der Waals surface area contributed by atoms with Crippen molar-refractivity contribution in [1.29, 1.82) is 0 Å². The molecule has 0 unspecified atom stereocenters. The minimum Gasteiger partial charge on any atom is -0.453 e. The van der Waals surface area contributed by atoms with E-state index in [0.29, 0.717) is 49.9 Å². The van der Waals surface area contributed by atoms with Gasteiger partial charge in [-0.05, 0) is 63.9 Å². The number of carbonyl (C=O) groups excluding carboxylic acids is 1. The molecule has 2 aromatic rings. The van der Waals surface area contributed by atoms with Crippen molar-refractivity contribution in [1.82, 2.24) is 20.9 Å². The first-order valence-corrected chi connectivity index (χ1v) is 10.6. The summed E-state index contributed by atoms with van der Waals surface area (Å²) in [7, 11) is 0. The predicted molar refractivity (Wildman–Crippen MR) is 138 cm³/mol. The van der Waals surface area contributed by atoms with Gasteiger partial charge in [0.05, 0.1) is 12.7 Å². The Balaban J connectivity index is 0.00000544. The first-order chi connectivity index (χ1) is 15.3. The third kappa shape index (κ3) is 11.7. The number of hydrogen-bond donors (Lipinski definition) is 3. The number of alkyl carbamates (subject to hydrolysis) is 1. The molecule has 2 rings (SSSR count). The van der Waals surface area contributed by atoms with Gasteiger partial charge in [-0.25, -0.2) is 14.2 Å². The van der Waals surface area contributed by atoms with E-state index < -0.39 is 17.5 Å². The van der Waals surface area contributed by atoms with Crippen LogP contribution in [0.4, 0.5) is 9.18 Å². The number of ether oxygens (including phenoxy) is 2. The van der Waals surface area contributed by atoms with Crippen molar-refractivity contribution in [2.45, 2.75) is 46.3 Å². The summed E-state index contributed by atoms with van der Waals surface area (Å²) in [5, 5.41) is 9.05. The van der Waals surface area contributed by atoms with Crippen LogP contribution in [-0.4, -0.2) is 42.3 Å². The number of nitrogens with one attached hydrogen (secondary N) is 3. The minimum atomic E-state index is -0.518. The van der Waals surface area contributed by atoms with E-state index in [2.05, 4.69) is 25.9 Å². The highest BCUT2D eigenvalue weighted by Crippen LogP contribution is 2.24. The van der Waals surface area contributed by atoms with Crippen LogP contribution in [0.2, 0.25) is 0 Å². The zero-order valence-corrected chi connectivity index (χ0v) is 21.8. The molecule has 0 fully saturated rings. The van der Waals surface area contributed by atoms with E-state index in [1.54, 1.807) is 30.5 Å². The zero-order chi connectivity index (χ0) is 23.4. The summed E-state index contributed by atoms with van der Waals surface area (Å²) >= 11 is 0. The Morgan fingerprint density at radius 2 is 1.91 bits per heavy atom. The number of carbonyl (C=O) groups is 1. The molecule has 0 aliphatic carbocycles. The van der Waals surface area contributed by atoms with Gasteiger partial charge in [0.25, 0.3) is 0 Å². The van der Waals surface area contributed by atoms with Crippen molar-refractivity contribution in [3.63, 3.8) is 0 Å². The van der Waals surface area contributed by atoms with Gasteiger partial charge in [0.15, 0.2) is 17.5 Å². The lowest BCUT2D eigenvalue weighted by Crippen LogP contribution is -2.39. The summed E-state index contributed by atoms with van der Waals surface area (Å²) in [4.78, 5) is 20.1. The Labute approximate surface area is 211 Å². The zero-order valence-electron chi connectivity index (χ0n) is 19.5. The standard InChI is InChI=1S/C23H32FN5O3.HI/c1-5-26-21(27-12-7-13-28-22(30)32-23(2,3)4)29-15-17-9-10-20(19(24)14-17)31-18-8-6-11-25-16-18;/h6,8-11,14,16H,5,7,12-13,15H2,1-4H3,(H,28,30)(H2,26,27,29);1H. The summed E-state index contributed by atoms with van der Waals surface area (Å²) in [6.45, 7) is 9.50. The van der Waals surface area contributed by atoms with Gasteiger partial charge in [0, 0.05) is 25.8 Å². The molecular weight excluding hydrogens is 540 g/mol. The number of aromatic nitrogens is 1. The Bertz CT molecular complexity index is 891. The molecule has 1 aromatic carbocycles. The fourth-order valence-electron chi connectivity index (χ4n) is 2.57. The molecule has 10 heteroatoms. The smallest absolute Gasteiger partial charge is 0.407 e. The van der Waals surface area contributed by atoms with Gasteiger partial charge >= 0.3 is 6.09 Å². The van der Waals surface area contributed by atoms with Crippen LogP contribution in [0, 0.1) is 5.82 Å². The van der Waals surface area contributed by atoms with Crippen molar-refractivity contribution in [3.05, 3.63) is 54.1 Å². The lowest BCUT2D eigenvalue weighted by Gasteiger charge is -2.19. The summed E-state index contributed by atoms with van der Waals surface area (Å²) in [6.07, 6.45) is 3.40. The summed E-state index contributed by atoms with van der Waals surface area (Å²) in [5.74, 6) is 0.749. The highest BCUT2D eigenvalue weighted by molar-refractivity contribution is 14.0. The lowest BCUT2D eigenvalue weighted by atomic mass is 10.2. The van der Waals surface area contributed by atoms with Gasteiger partial charge < -0.3 is 25.4 Å². The highest BCUT2D eigenvalue weighted by atomic mass is 127. The van der Waals surface area contributed by atoms with E-state index in [1.165, 1.54) is 12.3 Å². The average molecular weight is 573 g/mol. The van der Waals surface area contributed by atoms with Crippen LogP contribution in [0.3, 0.4) is 0 Å². The normalized spacial score (nSPS) is 11.2. The van der Waals surface area contributed by atoms with Crippen LogP contribution in [0.1, 0.15) is 39.7 Å². The number of benzene rings is 1. The van der Waals surface area contributed by atoms with Gasteiger partial charge in [-0.15, -0.1) is 24.0 Å². The summed E-state index contributed by atoms with van der Waals surface area (Å²) < 4.78 is 25.1. The van der Waals surface area contributed by atoms with E-state index in [4.69, 9.17) is 9.47 Å². The molecule has 0 aliphatic rings. The first-order valence-electron chi connectivity index (χ1n) is 10.6. The lowest BCUT2D eigenvalue weighted by molar-refractivity contribution is 0.0527. The van der Waals surface area contributed by atoms with Gasteiger partial charge in [-0.2, -0.15) is 0 Å². The first kappa shape index (κ1) is 28.4. The molecule has 0 aliphatic heterocycles. The maximum Gasteiger partial charge on any atom is 0.407 e. The molecule has 1 heterocycles. The minimum absolute atomic E-state index is 0. The van der Waals surface area contributed by atoms with E-state index >= 15 is 0 Å². The number of halogens is 2. The fraction of sp³-hybridized carbons (Fsp3) is 0.435. The van der Waals surface area contributed by atoms with Gasteiger partial charge in [-0.3, -0.25) is 4.98 Å². The quantitative estimate of drug-likeness (QED) is 0.176. The number of pyridine rings is 1. The molecule has 0 spiro atoms. The van der Waals surface area contributed by atoms with Crippen molar-refractivity contribution in [2.75, 3.05) is 19.6 Å². The van der Waals surface area contributed by atoms with E-state index in [1.807, 2.05) is 27.7 Å². The molecular formula is C23H33FIN5O3. The number of nitrogens with zero attached hydrogens (tertiary/aromatic N) is 2. The molecule has 1 aromatic heterocycles. The second kappa shape index (κ2) is 14.5. The van der Waals surface area contributed by atoms with Crippen LogP contribution in [0.25, 0.3) is 0 Å². The molecule has 1 amide bonds. The SMILES string of the molecule is CCNC(=NCc1ccc(Oc2cccnc2)c(F)c1)NCCCNC(=O)OC(C)(C)C.I. The van der Waals surface area contributed by atoms with E-state index in [-0.39, 0.29) is 29.7 Å². The number of guanidine groups is 1. The highest BCUT2D eigenvalue weighted by Gasteiger charge is 2.15. The predicted octanol–water partition coefficient (Wildman–Crippen LogP) is 4.60. The number of aliphatic imine (C=N–C) groups is 1. The monoisotopic (exact) mass is 573 g/mol. The fourth-order valence-corrected chi connectivity index (χ4v) is 2.57. The number of amides is 1. The van der Waals surface area contributed by atoms with Crippen LogP contribution in [0.5, 0.6) is 11.5 Å². The molecule has 0 saturated carbocycles. The van der Waals surface area contributed by atoms with Crippen molar-refractivity contribution in [2.24, 2.45) is 4.99 Å². The Kier molecular flexibility index (Phi) is 12.5. The molecule has 182 valence electrons. The largest absolute Gasteiger partial charge is 0.453 e. The Hall–Kier alpha value is -2.63. The van der Waals surface area contributed by atoms with Gasteiger partial charge in [0.2, 0.25) is 0 Å². The molecule has 33 heavy (non-hydrogen) atoms. The molecule has 0 bridgehead atoms. The molecule has 8 nitrogen and oxygen atoms in total. The Morgan fingerprint density at radius 1 is 1.15 bits per heavy atom.